The Labute approximate surface area is 99.9 Å². The van der Waals surface area contributed by atoms with Gasteiger partial charge in [-0.2, -0.15) is 23.5 Å². The van der Waals surface area contributed by atoms with Crippen LogP contribution in [0.3, 0.4) is 0 Å². The maximum Gasteiger partial charge on any atom is 0.134 e. The van der Waals surface area contributed by atoms with Crippen molar-refractivity contribution in [2.45, 2.75) is 31.3 Å². The molecule has 0 N–H and O–H groups in total. The maximum absolute atomic E-state index is 10.4. The zero-order chi connectivity index (χ0) is 10.6. The quantitative estimate of drug-likeness (QED) is 0.614. The Morgan fingerprint density at radius 1 is 1.00 bits per heavy atom. The first-order valence-electron chi connectivity index (χ1n) is 5.62. The Hall–Kier alpha value is 0.330. The molecule has 0 radical (unpaired) electrons. The van der Waals surface area contributed by atoms with Crippen LogP contribution < -0.4 is 0 Å². The number of hydrogen-bond acceptors (Lipinski definition) is 4. The molecule has 0 unspecified atom stereocenters. The Kier molecular flexibility index (Phi) is 4.40. The number of hydrogen-bond donors (Lipinski definition) is 0. The topological polar surface area (TPSA) is 29.6 Å². The molecule has 3 rings (SSSR count). The van der Waals surface area contributed by atoms with Crippen LogP contribution in [0.1, 0.15) is 25.7 Å². The minimum atomic E-state index is 0.408. The van der Waals surface area contributed by atoms with Gasteiger partial charge in [0.05, 0.1) is 12.2 Å². The monoisotopic (exact) mass is 246 g/mol. The molecule has 0 atom stereocenters. The van der Waals surface area contributed by atoms with Crippen molar-refractivity contribution >= 4 is 29.3 Å². The molecule has 0 saturated carbocycles. The molecule has 0 aromatic rings. The summed E-state index contributed by atoms with van der Waals surface area (Å²) in [7, 11) is 0. The fourth-order valence-electron chi connectivity index (χ4n) is 1.73. The van der Waals surface area contributed by atoms with Gasteiger partial charge in [-0.1, -0.05) is 0 Å². The zero-order valence-corrected chi connectivity index (χ0v) is 10.6. The number of carbonyl (C=O) groups is 1. The van der Waals surface area contributed by atoms with Crippen molar-refractivity contribution in [3.63, 3.8) is 0 Å². The average molecular weight is 246 g/mol. The van der Waals surface area contributed by atoms with Crippen molar-refractivity contribution in [2.75, 3.05) is 29.6 Å². The number of Topliss-reactive ketones (excluding diaryl/α,β-unsaturated/α-hetero) is 1. The van der Waals surface area contributed by atoms with E-state index in [0.717, 1.165) is 31.0 Å². The van der Waals surface area contributed by atoms with E-state index in [9.17, 15) is 4.79 Å². The minimum absolute atomic E-state index is 0.408. The number of epoxide rings is 1. The fourth-order valence-corrected chi connectivity index (χ4v) is 3.92. The Bertz CT molecular complexity index is 211. The molecule has 3 aliphatic heterocycles. The zero-order valence-electron chi connectivity index (χ0n) is 9.00. The summed E-state index contributed by atoms with van der Waals surface area (Å²) >= 11 is 3.94. The number of thioether (sulfide) groups is 2. The molecule has 3 saturated heterocycles. The third kappa shape index (κ3) is 4.00. The maximum atomic E-state index is 10.4. The lowest BCUT2D eigenvalue weighted by atomic mass is 10.1. The molecule has 3 heterocycles. The summed E-state index contributed by atoms with van der Waals surface area (Å²) in [6.07, 6.45) is 4.23. The number of ketones is 1. The molecule has 0 bridgehead atoms. The van der Waals surface area contributed by atoms with E-state index in [0.29, 0.717) is 11.4 Å². The third-order valence-corrected chi connectivity index (χ3v) is 4.98. The van der Waals surface area contributed by atoms with Crippen molar-refractivity contribution in [2.24, 2.45) is 0 Å². The number of rotatable bonds is 0. The van der Waals surface area contributed by atoms with Gasteiger partial charge in [0, 0.05) is 24.3 Å². The van der Waals surface area contributed by atoms with E-state index in [1.807, 2.05) is 11.8 Å². The van der Waals surface area contributed by atoms with Gasteiger partial charge in [0.25, 0.3) is 0 Å². The van der Waals surface area contributed by atoms with E-state index in [2.05, 4.69) is 11.8 Å². The van der Waals surface area contributed by atoms with Crippen molar-refractivity contribution in [1.82, 2.24) is 0 Å². The van der Waals surface area contributed by atoms with Crippen LogP contribution >= 0.6 is 23.5 Å². The van der Waals surface area contributed by atoms with Gasteiger partial charge in [0.1, 0.15) is 5.78 Å². The molecular weight excluding hydrogens is 228 g/mol. The van der Waals surface area contributed by atoms with Crippen LogP contribution in [0.4, 0.5) is 0 Å². The van der Waals surface area contributed by atoms with Gasteiger partial charge >= 0.3 is 0 Å². The van der Waals surface area contributed by atoms with Gasteiger partial charge < -0.3 is 4.74 Å². The Morgan fingerprint density at radius 2 is 1.53 bits per heavy atom. The van der Waals surface area contributed by atoms with Crippen LogP contribution in [0.2, 0.25) is 0 Å². The average Bonchev–Trinajstić information content (AvgIpc) is 3.01. The lowest BCUT2D eigenvalue weighted by Gasteiger charge is -2.15. The molecule has 0 amide bonds. The second-order valence-corrected chi connectivity index (χ2v) is 6.68. The largest absolute Gasteiger partial charge is 0.370 e. The summed E-state index contributed by atoms with van der Waals surface area (Å²) < 4.78 is 5.32. The second kappa shape index (κ2) is 5.60. The van der Waals surface area contributed by atoms with E-state index in [4.69, 9.17) is 4.74 Å². The summed E-state index contributed by atoms with van der Waals surface area (Å²) in [5.74, 6) is 5.19. The first-order chi connectivity index (χ1) is 7.31. The van der Waals surface area contributed by atoms with E-state index >= 15 is 0 Å². The van der Waals surface area contributed by atoms with Gasteiger partial charge in [-0.3, -0.25) is 4.79 Å². The Balaban J connectivity index is 0.000000115. The SMILES string of the molecule is C1CC2(CCS1)CO2.O=C1CCSCC1. The smallest absolute Gasteiger partial charge is 0.134 e. The molecule has 3 fully saturated rings. The van der Waals surface area contributed by atoms with Crippen LogP contribution in [-0.2, 0) is 9.53 Å². The van der Waals surface area contributed by atoms with Gasteiger partial charge in [-0.15, -0.1) is 0 Å². The first-order valence-corrected chi connectivity index (χ1v) is 7.93. The lowest BCUT2D eigenvalue weighted by molar-refractivity contribution is -0.118. The molecule has 15 heavy (non-hydrogen) atoms. The van der Waals surface area contributed by atoms with Crippen molar-refractivity contribution in [3.8, 4) is 0 Å². The Morgan fingerprint density at radius 3 is 1.87 bits per heavy atom. The van der Waals surface area contributed by atoms with Gasteiger partial charge in [0.2, 0.25) is 0 Å². The summed E-state index contributed by atoms with van der Waals surface area (Å²) in [4.78, 5) is 10.4. The van der Waals surface area contributed by atoms with Crippen molar-refractivity contribution in [1.29, 1.82) is 0 Å². The number of carbonyl (C=O) groups excluding carboxylic acids is 1. The number of ether oxygens (including phenoxy) is 1. The predicted octanol–water partition coefficient (Wildman–Crippen LogP) is 2.36. The highest BCUT2D eigenvalue weighted by Gasteiger charge is 2.44. The summed E-state index contributed by atoms with van der Waals surface area (Å²) in [6, 6.07) is 0. The van der Waals surface area contributed by atoms with Crippen LogP contribution in [0.5, 0.6) is 0 Å². The highest BCUT2D eigenvalue weighted by atomic mass is 32.2. The fraction of sp³-hybridized carbons (Fsp3) is 0.909. The molecule has 2 nitrogen and oxygen atoms in total. The van der Waals surface area contributed by atoms with E-state index in [-0.39, 0.29) is 0 Å². The second-order valence-electron chi connectivity index (χ2n) is 4.24. The van der Waals surface area contributed by atoms with Gasteiger partial charge in [0.15, 0.2) is 0 Å². The van der Waals surface area contributed by atoms with Gasteiger partial charge in [-0.05, 0) is 24.3 Å². The van der Waals surface area contributed by atoms with Crippen LogP contribution in [0.25, 0.3) is 0 Å². The molecule has 0 aliphatic carbocycles. The summed E-state index contributed by atoms with van der Waals surface area (Å²) in [6.45, 7) is 1.05. The molecule has 0 aromatic heterocycles. The molecule has 86 valence electrons. The van der Waals surface area contributed by atoms with Crippen molar-refractivity contribution < 1.29 is 9.53 Å². The van der Waals surface area contributed by atoms with E-state index in [1.54, 1.807) is 0 Å². The highest BCUT2D eigenvalue weighted by Crippen LogP contribution is 2.40. The molecule has 1 spiro atoms. The molecule has 4 heteroatoms. The minimum Gasteiger partial charge on any atom is -0.370 e. The van der Waals surface area contributed by atoms with Crippen LogP contribution in [-0.4, -0.2) is 41.0 Å². The predicted molar refractivity (Wildman–Crippen MR) is 66.8 cm³/mol. The normalized spacial score (nSPS) is 28.1. The summed E-state index contributed by atoms with van der Waals surface area (Å²) in [5.41, 5.74) is 0.408. The third-order valence-electron chi connectivity index (χ3n) is 3.01. The van der Waals surface area contributed by atoms with E-state index in [1.165, 1.54) is 24.3 Å². The van der Waals surface area contributed by atoms with Crippen molar-refractivity contribution in [3.05, 3.63) is 0 Å². The summed E-state index contributed by atoms with van der Waals surface area (Å²) in [5, 5.41) is 0. The molecule has 3 aliphatic rings. The van der Waals surface area contributed by atoms with Gasteiger partial charge in [-0.25, -0.2) is 0 Å². The standard InChI is InChI=1S/C6H10OS.C5H8OS/c1-3-8-4-2-6(1)5-7-6;6-5-1-3-7-4-2-5/h1-5H2;1-4H2. The first kappa shape index (κ1) is 11.8. The van der Waals surface area contributed by atoms with Crippen LogP contribution in [0, 0.1) is 0 Å². The van der Waals surface area contributed by atoms with E-state index < -0.39 is 0 Å². The highest BCUT2D eigenvalue weighted by molar-refractivity contribution is 7.99. The molecular formula is C11H18O2S2. The molecule has 0 aromatic carbocycles. The lowest BCUT2D eigenvalue weighted by Crippen LogP contribution is -2.17. The van der Waals surface area contributed by atoms with Crippen LogP contribution in [0.15, 0.2) is 0 Å².